The zero-order valence-corrected chi connectivity index (χ0v) is 8.22. The fourth-order valence-electron chi connectivity index (χ4n) is 0.665. The van der Waals surface area contributed by atoms with Gasteiger partial charge in [-0.15, -0.1) is 12.4 Å². The lowest BCUT2D eigenvalue weighted by Gasteiger charge is -2.04. The number of aromatic nitrogens is 1. The van der Waals surface area contributed by atoms with Crippen LogP contribution in [0, 0.1) is 6.92 Å². The van der Waals surface area contributed by atoms with Crippen LogP contribution in [0.1, 0.15) is 12.7 Å². The summed E-state index contributed by atoms with van der Waals surface area (Å²) in [4.78, 5) is 11.1. The van der Waals surface area contributed by atoms with Crippen molar-refractivity contribution >= 4 is 24.0 Å². The van der Waals surface area contributed by atoms with Crippen molar-refractivity contribution in [3.8, 4) is 0 Å². The van der Waals surface area contributed by atoms with Gasteiger partial charge in [-0.2, -0.15) is 0 Å². The molecular formula is C7H12ClN3O2. The number of nitrogens with one attached hydrogen (secondary N) is 1. The van der Waals surface area contributed by atoms with E-state index in [9.17, 15) is 4.79 Å². The van der Waals surface area contributed by atoms with Crippen molar-refractivity contribution in [1.29, 1.82) is 0 Å². The van der Waals surface area contributed by atoms with Crippen LogP contribution in [-0.2, 0) is 4.79 Å². The Morgan fingerprint density at radius 3 is 2.77 bits per heavy atom. The average Bonchev–Trinajstić information content (AvgIpc) is 2.36. The SMILES string of the molecule is Cc1oncc1NC(=O)[C@@H](C)N.Cl. The molecule has 0 spiro atoms. The summed E-state index contributed by atoms with van der Waals surface area (Å²) in [6.07, 6.45) is 1.44. The Morgan fingerprint density at radius 2 is 2.38 bits per heavy atom. The molecule has 0 saturated carbocycles. The van der Waals surface area contributed by atoms with Crippen LogP contribution >= 0.6 is 12.4 Å². The maximum atomic E-state index is 11.1. The van der Waals surface area contributed by atoms with E-state index in [1.165, 1.54) is 6.20 Å². The number of amides is 1. The van der Waals surface area contributed by atoms with Crippen LogP contribution in [0.15, 0.2) is 10.7 Å². The first-order valence-electron chi connectivity index (χ1n) is 3.59. The van der Waals surface area contributed by atoms with Gasteiger partial charge in [0.15, 0.2) is 5.76 Å². The fraction of sp³-hybridized carbons (Fsp3) is 0.429. The molecule has 0 saturated heterocycles. The minimum atomic E-state index is -0.528. The zero-order chi connectivity index (χ0) is 9.14. The Morgan fingerprint density at radius 1 is 1.77 bits per heavy atom. The van der Waals surface area contributed by atoms with Gasteiger partial charge in [-0.05, 0) is 13.8 Å². The largest absolute Gasteiger partial charge is 0.359 e. The van der Waals surface area contributed by atoms with E-state index in [0.29, 0.717) is 11.4 Å². The van der Waals surface area contributed by atoms with Gasteiger partial charge in [-0.1, -0.05) is 5.16 Å². The predicted octanol–water partition coefficient (Wildman–Crippen LogP) is 0.691. The number of aryl methyl sites for hydroxylation is 1. The topological polar surface area (TPSA) is 81.2 Å². The van der Waals surface area contributed by atoms with Crippen LogP contribution in [0.2, 0.25) is 0 Å². The van der Waals surface area contributed by atoms with Crippen LogP contribution in [0.4, 0.5) is 5.69 Å². The van der Waals surface area contributed by atoms with Crippen LogP contribution in [-0.4, -0.2) is 17.1 Å². The van der Waals surface area contributed by atoms with E-state index in [2.05, 4.69) is 10.5 Å². The van der Waals surface area contributed by atoms with E-state index < -0.39 is 6.04 Å². The average molecular weight is 206 g/mol. The molecule has 1 aromatic heterocycles. The Balaban J connectivity index is 0.00000144. The lowest BCUT2D eigenvalue weighted by molar-refractivity contribution is -0.117. The van der Waals surface area contributed by atoms with Crippen molar-refractivity contribution in [3.63, 3.8) is 0 Å². The number of hydrogen-bond donors (Lipinski definition) is 2. The van der Waals surface area contributed by atoms with Crippen LogP contribution in [0.3, 0.4) is 0 Å². The first-order chi connectivity index (χ1) is 5.61. The van der Waals surface area contributed by atoms with Gasteiger partial charge < -0.3 is 15.6 Å². The molecule has 0 bridgehead atoms. The fourth-order valence-corrected chi connectivity index (χ4v) is 0.665. The molecule has 0 aromatic carbocycles. The van der Waals surface area contributed by atoms with Crippen LogP contribution in [0.25, 0.3) is 0 Å². The zero-order valence-electron chi connectivity index (χ0n) is 7.40. The molecule has 6 heteroatoms. The molecule has 0 aliphatic carbocycles. The number of carbonyl (C=O) groups is 1. The molecule has 0 unspecified atom stereocenters. The van der Waals surface area contributed by atoms with Gasteiger partial charge in [0.2, 0.25) is 5.91 Å². The van der Waals surface area contributed by atoms with Crippen molar-refractivity contribution < 1.29 is 9.32 Å². The quantitative estimate of drug-likeness (QED) is 0.745. The predicted molar refractivity (Wildman–Crippen MR) is 50.8 cm³/mol. The summed E-state index contributed by atoms with van der Waals surface area (Å²) in [7, 11) is 0. The number of anilines is 1. The first kappa shape index (κ1) is 11.9. The number of halogens is 1. The number of hydrogen-bond acceptors (Lipinski definition) is 4. The first-order valence-corrected chi connectivity index (χ1v) is 3.59. The summed E-state index contributed by atoms with van der Waals surface area (Å²) in [5.41, 5.74) is 5.91. The highest BCUT2D eigenvalue weighted by atomic mass is 35.5. The minimum Gasteiger partial charge on any atom is -0.359 e. The Kier molecular flexibility index (Phi) is 4.44. The summed E-state index contributed by atoms with van der Waals surface area (Å²) >= 11 is 0. The van der Waals surface area contributed by atoms with E-state index >= 15 is 0 Å². The van der Waals surface area contributed by atoms with Gasteiger partial charge >= 0.3 is 0 Å². The summed E-state index contributed by atoms with van der Waals surface area (Å²) in [5.74, 6) is 0.324. The Labute approximate surface area is 82.1 Å². The molecule has 13 heavy (non-hydrogen) atoms. The van der Waals surface area contributed by atoms with Crippen molar-refractivity contribution in [2.45, 2.75) is 19.9 Å². The highest BCUT2D eigenvalue weighted by Crippen LogP contribution is 2.11. The molecular weight excluding hydrogens is 194 g/mol. The van der Waals surface area contributed by atoms with Gasteiger partial charge in [-0.3, -0.25) is 4.79 Å². The highest BCUT2D eigenvalue weighted by molar-refractivity contribution is 5.94. The van der Waals surface area contributed by atoms with Gasteiger partial charge in [0.05, 0.1) is 12.2 Å². The van der Waals surface area contributed by atoms with E-state index in [4.69, 9.17) is 10.3 Å². The Hall–Kier alpha value is -1.07. The molecule has 3 N–H and O–H groups in total. The summed E-state index contributed by atoms with van der Waals surface area (Å²) in [5, 5.41) is 6.07. The third-order valence-electron chi connectivity index (χ3n) is 1.42. The lowest BCUT2D eigenvalue weighted by Crippen LogP contribution is -2.32. The molecule has 74 valence electrons. The Bertz CT molecular complexity index is 285. The van der Waals surface area contributed by atoms with Gasteiger partial charge in [0.1, 0.15) is 5.69 Å². The van der Waals surface area contributed by atoms with Crippen LogP contribution < -0.4 is 11.1 Å². The van der Waals surface area contributed by atoms with Gasteiger partial charge in [0, 0.05) is 0 Å². The maximum absolute atomic E-state index is 11.1. The second-order valence-electron chi connectivity index (χ2n) is 2.57. The number of rotatable bonds is 2. The number of nitrogens with two attached hydrogens (primary N) is 1. The van der Waals surface area contributed by atoms with Crippen molar-refractivity contribution in [2.24, 2.45) is 5.73 Å². The minimum absolute atomic E-state index is 0. The summed E-state index contributed by atoms with van der Waals surface area (Å²) in [6.45, 7) is 3.32. The molecule has 0 aliphatic rings. The molecule has 1 rings (SSSR count). The second-order valence-corrected chi connectivity index (χ2v) is 2.57. The molecule has 0 fully saturated rings. The normalized spacial score (nSPS) is 11.6. The third-order valence-corrected chi connectivity index (χ3v) is 1.42. The molecule has 0 aliphatic heterocycles. The summed E-state index contributed by atoms with van der Waals surface area (Å²) in [6, 6.07) is -0.528. The third kappa shape index (κ3) is 3.04. The summed E-state index contributed by atoms with van der Waals surface area (Å²) < 4.78 is 4.74. The second kappa shape index (κ2) is 4.84. The van der Waals surface area contributed by atoms with E-state index in [1.807, 2.05) is 0 Å². The molecule has 0 radical (unpaired) electrons. The van der Waals surface area contributed by atoms with E-state index in [-0.39, 0.29) is 18.3 Å². The van der Waals surface area contributed by atoms with Crippen molar-refractivity contribution in [1.82, 2.24) is 5.16 Å². The standard InChI is InChI=1S/C7H11N3O2.ClH/c1-4(8)7(11)10-6-3-9-12-5(6)2;/h3-4H,8H2,1-2H3,(H,10,11);1H/t4-;/m1./s1. The van der Waals surface area contributed by atoms with Gasteiger partial charge in [-0.25, -0.2) is 0 Å². The van der Waals surface area contributed by atoms with Crippen molar-refractivity contribution in [3.05, 3.63) is 12.0 Å². The molecule has 1 aromatic rings. The van der Waals surface area contributed by atoms with Crippen molar-refractivity contribution in [2.75, 3.05) is 5.32 Å². The molecule has 1 heterocycles. The molecule has 1 atom stereocenters. The van der Waals surface area contributed by atoms with Gasteiger partial charge in [0.25, 0.3) is 0 Å². The van der Waals surface area contributed by atoms with E-state index in [1.54, 1.807) is 13.8 Å². The maximum Gasteiger partial charge on any atom is 0.241 e. The van der Waals surface area contributed by atoms with Crippen LogP contribution in [0.5, 0.6) is 0 Å². The lowest BCUT2D eigenvalue weighted by atomic mass is 10.3. The number of nitrogens with zero attached hydrogens (tertiary/aromatic N) is 1. The number of carbonyl (C=O) groups excluding carboxylic acids is 1. The molecule has 1 amide bonds. The highest BCUT2D eigenvalue weighted by Gasteiger charge is 2.10. The monoisotopic (exact) mass is 205 g/mol. The smallest absolute Gasteiger partial charge is 0.241 e. The molecule has 5 nitrogen and oxygen atoms in total. The van der Waals surface area contributed by atoms with E-state index in [0.717, 1.165) is 0 Å².